The predicted molar refractivity (Wildman–Crippen MR) is 145 cm³/mol. The summed E-state index contributed by atoms with van der Waals surface area (Å²) < 4.78 is 41.9. The quantitative estimate of drug-likeness (QED) is 0.501. The molecule has 2 N–H and O–H groups in total. The van der Waals surface area contributed by atoms with Gasteiger partial charge in [-0.05, 0) is 71.1 Å². The zero-order chi connectivity index (χ0) is 28.6. The Kier molecular flexibility index (Phi) is 8.44. The molecule has 1 aliphatic heterocycles. The number of carbonyl (C=O) groups is 2. The van der Waals surface area contributed by atoms with E-state index in [4.69, 9.17) is 4.98 Å². The minimum atomic E-state index is -4.61. The van der Waals surface area contributed by atoms with Gasteiger partial charge in [0.15, 0.2) is 0 Å². The summed E-state index contributed by atoms with van der Waals surface area (Å²) in [7, 11) is 1.62. The fraction of sp³-hybridized carbons (Fsp3) is 0.556. The van der Waals surface area contributed by atoms with Crippen molar-refractivity contribution in [2.45, 2.75) is 83.7 Å². The smallest absolute Gasteiger partial charge is 0.359 e. The van der Waals surface area contributed by atoms with Crippen LogP contribution in [0.2, 0.25) is 0 Å². The second-order valence-electron chi connectivity index (χ2n) is 10.6. The highest BCUT2D eigenvalue weighted by Crippen LogP contribution is 2.37. The molecule has 4 rings (SSSR count). The number of anilines is 1. The van der Waals surface area contributed by atoms with Gasteiger partial charge in [0, 0.05) is 46.7 Å². The van der Waals surface area contributed by atoms with E-state index < -0.39 is 23.7 Å². The third-order valence-corrected chi connectivity index (χ3v) is 8.21. The number of halogens is 4. The molecular formula is C27H33BrF3N5O3. The van der Waals surface area contributed by atoms with Crippen LogP contribution >= 0.6 is 15.9 Å². The molecule has 2 heterocycles. The third-order valence-electron chi connectivity index (χ3n) is 7.52. The van der Waals surface area contributed by atoms with Gasteiger partial charge in [0.25, 0.3) is 11.5 Å². The number of benzene rings is 1. The van der Waals surface area contributed by atoms with Crippen molar-refractivity contribution >= 4 is 33.7 Å². The number of hydrogen-bond donors (Lipinski definition) is 2. The van der Waals surface area contributed by atoms with Crippen molar-refractivity contribution in [1.82, 2.24) is 19.8 Å². The van der Waals surface area contributed by atoms with Crippen LogP contribution in [0.1, 0.15) is 79.7 Å². The van der Waals surface area contributed by atoms with E-state index in [-0.39, 0.29) is 52.5 Å². The van der Waals surface area contributed by atoms with Crippen LogP contribution in [0.5, 0.6) is 0 Å². The zero-order valence-electron chi connectivity index (χ0n) is 22.4. The number of alkyl halides is 3. The summed E-state index contributed by atoms with van der Waals surface area (Å²) >= 11 is 2.91. The first-order valence-electron chi connectivity index (χ1n) is 13.1. The molecule has 2 aliphatic rings. The van der Waals surface area contributed by atoms with Crippen molar-refractivity contribution in [3.8, 4) is 0 Å². The van der Waals surface area contributed by atoms with Crippen molar-refractivity contribution < 1.29 is 22.8 Å². The van der Waals surface area contributed by atoms with Crippen molar-refractivity contribution in [2.24, 2.45) is 5.92 Å². The van der Waals surface area contributed by atoms with Crippen LogP contribution in [-0.4, -0.2) is 45.4 Å². The van der Waals surface area contributed by atoms with Gasteiger partial charge in [0.2, 0.25) is 11.9 Å². The molecule has 212 valence electrons. The molecule has 2 aromatic rings. The number of nitrogens with one attached hydrogen (secondary N) is 2. The van der Waals surface area contributed by atoms with Gasteiger partial charge < -0.3 is 15.5 Å². The molecule has 1 saturated carbocycles. The Morgan fingerprint density at radius 1 is 1.15 bits per heavy atom. The largest absolute Gasteiger partial charge is 0.417 e. The number of rotatable bonds is 5. The minimum Gasteiger partial charge on any atom is -0.359 e. The summed E-state index contributed by atoms with van der Waals surface area (Å²) in [6.45, 7) is 5.66. The maximum absolute atomic E-state index is 13.8. The zero-order valence-corrected chi connectivity index (χ0v) is 23.9. The van der Waals surface area contributed by atoms with Crippen LogP contribution in [0.25, 0.3) is 0 Å². The molecule has 1 atom stereocenters. The molecule has 0 saturated heterocycles. The lowest BCUT2D eigenvalue weighted by molar-refractivity contribution is -0.138. The van der Waals surface area contributed by atoms with Gasteiger partial charge in [-0.1, -0.05) is 15.9 Å². The van der Waals surface area contributed by atoms with Crippen LogP contribution in [0.15, 0.2) is 27.5 Å². The first-order valence-corrected chi connectivity index (χ1v) is 13.9. The standard InChI is InChI=1S/C27H33BrF3N5O3/c1-14(2)33-26-34-22-13-35(24(38)17-7-10-21(28)20(12-17)27(29,30)31)15(3)11-19(22)25(39)36(26)18-8-5-16(6-9-18)23(37)32-4/h7,10,12,14-16,18H,5-6,8-9,11,13H2,1-4H3,(H,32,37)(H,33,34)/t15-,16?,18?/m1/s1. The summed E-state index contributed by atoms with van der Waals surface area (Å²) in [6, 6.07) is 2.87. The van der Waals surface area contributed by atoms with Gasteiger partial charge in [0.1, 0.15) is 0 Å². The molecule has 0 spiro atoms. The van der Waals surface area contributed by atoms with E-state index >= 15 is 0 Å². The average molecular weight is 612 g/mol. The first-order chi connectivity index (χ1) is 18.3. The van der Waals surface area contributed by atoms with Crippen LogP contribution < -0.4 is 16.2 Å². The van der Waals surface area contributed by atoms with E-state index in [1.807, 2.05) is 13.8 Å². The molecule has 1 aromatic carbocycles. The minimum absolute atomic E-state index is 0.0107. The molecule has 0 bridgehead atoms. The Labute approximate surface area is 233 Å². The van der Waals surface area contributed by atoms with E-state index in [0.29, 0.717) is 42.9 Å². The lowest BCUT2D eigenvalue weighted by Gasteiger charge is -2.36. The summed E-state index contributed by atoms with van der Waals surface area (Å²) in [4.78, 5) is 45.6. The van der Waals surface area contributed by atoms with Crippen LogP contribution in [0.4, 0.5) is 19.1 Å². The third kappa shape index (κ3) is 6.00. The molecule has 8 nitrogen and oxygen atoms in total. The lowest BCUT2D eigenvalue weighted by atomic mass is 9.85. The van der Waals surface area contributed by atoms with Gasteiger partial charge in [0.05, 0.1) is 17.8 Å². The Balaban J connectivity index is 1.67. The number of hydrogen-bond acceptors (Lipinski definition) is 5. The molecule has 39 heavy (non-hydrogen) atoms. The van der Waals surface area contributed by atoms with Gasteiger partial charge >= 0.3 is 6.18 Å². The molecule has 0 unspecified atom stereocenters. The Bertz CT molecular complexity index is 1320. The molecule has 12 heteroatoms. The summed E-state index contributed by atoms with van der Waals surface area (Å²) in [5, 5.41) is 5.96. The maximum Gasteiger partial charge on any atom is 0.417 e. The van der Waals surface area contributed by atoms with Gasteiger partial charge in [-0.3, -0.25) is 19.0 Å². The predicted octanol–water partition coefficient (Wildman–Crippen LogP) is 4.91. The van der Waals surface area contributed by atoms with E-state index in [0.717, 1.165) is 6.07 Å². The second-order valence-corrected chi connectivity index (χ2v) is 11.5. The maximum atomic E-state index is 13.8. The van der Waals surface area contributed by atoms with Crippen molar-refractivity contribution in [3.05, 3.63) is 55.4 Å². The van der Waals surface area contributed by atoms with E-state index in [1.54, 1.807) is 18.5 Å². The van der Waals surface area contributed by atoms with E-state index in [1.165, 1.54) is 17.0 Å². The molecule has 1 aliphatic carbocycles. The number of fused-ring (bicyclic) bond motifs is 1. The highest BCUT2D eigenvalue weighted by atomic mass is 79.9. The fourth-order valence-corrected chi connectivity index (χ4v) is 5.96. The molecule has 1 aromatic heterocycles. The van der Waals surface area contributed by atoms with Crippen molar-refractivity contribution in [1.29, 1.82) is 0 Å². The Morgan fingerprint density at radius 3 is 2.41 bits per heavy atom. The lowest BCUT2D eigenvalue weighted by Crippen LogP contribution is -2.47. The summed E-state index contributed by atoms with van der Waals surface area (Å²) in [5.74, 6) is -0.216. The number of aromatic nitrogens is 2. The Hall–Kier alpha value is -2.89. The van der Waals surface area contributed by atoms with Gasteiger partial charge in [-0.15, -0.1) is 0 Å². The summed E-state index contributed by atoms with van der Waals surface area (Å²) in [6.07, 6.45) is -1.71. The fourth-order valence-electron chi connectivity index (χ4n) is 5.49. The van der Waals surface area contributed by atoms with Crippen LogP contribution in [0, 0.1) is 5.92 Å². The second kappa shape index (κ2) is 11.3. The monoisotopic (exact) mass is 611 g/mol. The normalized spacial score (nSPS) is 21.5. The molecule has 2 amide bonds. The van der Waals surface area contributed by atoms with Crippen molar-refractivity contribution in [3.63, 3.8) is 0 Å². The number of nitrogens with zero attached hydrogens (tertiary/aromatic N) is 3. The number of amides is 2. The topological polar surface area (TPSA) is 96.3 Å². The van der Waals surface area contributed by atoms with Crippen LogP contribution in [0.3, 0.4) is 0 Å². The van der Waals surface area contributed by atoms with Crippen molar-refractivity contribution in [2.75, 3.05) is 12.4 Å². The molecular weight excluding hydrogens is 579 g/mol. The highest BCUT2D eigenvalue weighted by Gasteiger charge is 2.37. The molecule has 0 radical (unpaired) electrons. The van der Waals surface area contributed by atoms with Gasteiger partial charge in [-0.25, -0.2) is 4.98 Å². The number of carbonyl (C=O) groups excluding carboxylic acids is 2. The summed E-state index contributed by atoms with van der Waals surface area (Å²) in [5.41, 5.74) is -0.218. The highest BCUT2D eigenvalue weighted by molar-refractivity contribution is 9.10. The average Bonchev–Trinajstić information content (AvgIpc) is 2.87. The van der Waals surface area contributed by atoms with Crippen LogP contribution in [-0.2, 0) is 23.9 Å². The SMILES string of the molecule is CNC(=O)C1CCC(n2c(NC(C)C)nc3c(c2=O)C[C@@H](C)N(C(=O)c2ccc(Br)c(C(F)(F)F)c2)C3)CC1. The van der Waals surface area contributed by atoms with Gasteiger partial charge in [-0.2, -0.15) is 13.2 Å². The molecule has 1 fully saturated rings. The first kappa shape index (κ1) is 29.1. The van der Waals surface area contributed by atoms with E-state index in [9.17, 15) is 27.6 Å². The Morgan fingerprint density at radius 2 is 1.82 bits per heavy atom. The van der Waals surface area contributed by atoms with E-state index in [2.05, 4.69) is 26.6 Å².